The molecule has 4 nitrogen and oxygen atoms in total. The molecule has 1 aromatic rings. The molecule has 0 saturated heterocycles. The first kappa shape index (κ1) is 13.8. The number of para-hydroxylation sites is 1. The van der Waals surface area contributed by atoms with Crippen molar-refractivity contribution in [2.24, 2.45) is 0 Å². The molecule has 6 heteroatoms. The SMILES string of the molecule is CC(CNC1CC1)S(=O)(=O)Nc1ccccc1Br. The van der Waals surface area contributed by atoms with Crippen LogP contribution in [-0.4, -0.2) is 26.3 Å². The van der Waals surface area contributed by atoms with Crippen LogP contribution in [-0.2, 0) is 10.0 Å². The van der Waals surface area contributed by atoms with Crippen molar-refractivity contribution in [2.75, 3.05) is 11.3 Å². The molecule has 2 N–H and O–H groups in total. The first-order valence-corrected chi connectivity index (χ1v) is 8.32. The predicted molar refractivity (Wildman–Crippen MR) is 77.2 cm³/mol. The maximum Gasteiger partial charge on any atom is 0.236 e. The van der Waals surface area contributed by atoms with E-state index in [1.54, 1.807) is 19.1 Å². The highest BCUT2D eigenvalue weighted by molar-refractivity contribution is 9.10. The summed E-state index contributed by atoms with van der Waals surface area (Å²) in [7, 11) is -3.35. The molecule has 1 fully saturated rings. The molecule has 1 unspecified atom stereocenters. The van der Waals surface area contributed by atoms with Gasteiger partial charge in [-0.3, -0.25) is 4.72 Å². The van der Waals surface area contributed by atoms with E-state index < -0.39 is 15.3 Å². The smallest absolute Gasteiger partial charge is 0.236 e. The lowest BCUT2D eigenvalue weighted by atomic mass is 10.3. The molecule has 1 atom stereocenters. The molecule has 1 saturated carbocycles. The number of hydrogen-bond donors (Lipinski definition) is 2. The Morgan fingerprint density at radius 3 is 2.67 bits per heavy atom. The number of rotatable bonds is 6. The van der Waals surface area contributed by atoms with Crippen molar-refractivity contribution in [3.8, 4) is 0 Å². The van der Waals surface area contributed by atoms with Gasteiger partial charge in [0.25, 0.3) is 0 Å². The highest BCUT2D eigenvalue weighted by Crippen LogP contribution is 2.23. The summed E-state index contributed by atoms with van der Waals surface area (Å²) >= 11 is 3.33. The minimum absolute atomic E-state index is 0.454. The highest BCUT2D eigenvalue weighted by atomic mass is 79.9. The van der Waals surface area contributed by atoms with Crippen LogP contribution in [0.1, 0.15) is 19.8 Å². The first-order chi connectivity index (χ1) is 8.49. The van der Waals surface area contributed by atoms with E-state index in [0.717, 1.165) is 17.3 Å². The van der Waals surface area contributed by atoms with Gasteiger partial charge in [0.2, 0.25) is 10.0 Å². The molecule has 0 bridgehead atoms. The summed E-state index contributed by atoms with van der Waals surface area (Å²) in [6, 6.07) is 7.72. The van der Waals surface area contributed by atoms with Gasteiger partial charge in [-0.05, 0) is 47.8 Å². The van der Waals surface area contributed by atoms with Crippen molar-refractivity contribution in [3.63, 3.8) is 0 Å². The van der Waals surface area contributed by atoms with E-state index in [4.69, 9.17) is 0 Å². The summed E-state index contributed by atoms with van der Waals surface area (Å²) in [4.78, 5) is 0. The number of anilines is 1. The largest absolute Gasteiger partial charge is 0.313 e. The van der Waals surface area contributed by atoms with E-state index in [1.807, 2.05) is 12.1 Å². The Morgan fingerprint density at radius 2 is 2.06 bits per heavy atom. The Hall–Kier alpha value is -0.590. The quantitative estimate of drug-likeness (QED) is 0.840. The van der Waals surface area contributed by atoms with E-state index in [1.165, 1.54) is 0 Å². The molecule has 1 aliphatic carbocycles. The summed E-state index contributed by atoms with van der Waals surface area (Å²) < 4.78 is 27.6. The fourth-order valence-electron chi connectivity index (χ4n) is 1.53. The predicted octanol–water partition coefficient (Wildman–Crippen LogP) is 2.33. The molecule has 100 valence electrons. The van der Waals surface area contributed by atoms with Crippen LogP contribution < -0.4 is 10.0 Å². The van der Waals surface area contributed by atoms with Crippen molar-refractivity contribution in [3.05, 3.63) is 28.7 Å². The second-order valence-corrected chi connectivity index (χ2v) is 7.57. The fraction of sp³-hybridized carbons (Fsp3) is 0.500. The van der Waals surface area contributed by atoms with Crippen LogP contribution in [0, 0.1) is 0 Å². The lowest BCUT2D eigenvalue weighted by Crippen LogP contribution is -2.35. The number of sulfonamides is 1. The van der Waals surface area contributed by atoms with E-state index in [2.05, 4.69) is 26.0 Å². The van der Waals surface area contributed by atoms with Gasteiger partial charge in [0.15, 0.2) is 0 Å². The van der Waals surface area contributed by atoms with E-state index in [-0.39, 0.29) is 0 Å². The van der Waals surface area contributed by atoms with Crippen molar-refractivity contribution in [1.29, 1.82) is 0 Å². The lowest BCUT2D eigenvalue weighted by Gasteiger charge is -2.16. The summed E-state index contributed by atoms with van der Waals surface area (Å²) in [6.07, 6.45) is 2.31. The van der Waals surface area contributed by atoms with Gasteiger partial charge in [0.1, 0.15) is 0 Å². The Morgan fingerprint density at radius 1 is 1.39 bits per heavy atom. The minimum Gasteiger partial charge on any atom is -0.313 e. The summed E-state index contributed by atoms with van der Waals surface area (Å²) in [5, 5.41) is 2.78. The molecular weight excluding hydrogens is 316 g/mol. The zero-order valence-electron chi connectivity index (χ0n) is 10.2. The monoisotopic (exact) mass is 332 g/mol. The average Bonchev–Trinajstić information content (AvgIpc) is 3.12. The summed E-state index contributed by atoms with van der Waals surface area (Å²) in [5.74, 6) is 0. The maximum atomic E-state index is 12.1. The average molecular weight is 333 g/mol. The zero-order valence-corrected chi connectivity index (χ0v) is 12.6. The molecule has 0 aromatic heterocycles. The topological polar surface area (TPSA) is 58.2 Å². The van der Waals surface area contributed by atoms with Gasteiger partial charge in [0, 0.05) is 17.1 Å². The van der Waals surface area contributed by atoms with Crippen molar-refractivity contribution >= 4 is 31.6 Å². The Kier molecular flexibility index (Phi) is 4.29. The lowest BCUT2D eigenvalue weighted by molar-refractivity contribution is 0.576. The van der Waals surface area contributed by atoms with Gasteiger partial charge in [-0.1, -0.05) is 12.1 Å². The first-order valence-electron chi connectivity index (χ1n) is 5.98. The second-order valence-electron chi connectivity index (χ2n) is 4.62. The maximum absolute atomic E-state index is 12.1. The van der Waals surface area contributed by atoms with Crippen LogP contribution in [0.2, 0.25) is 0 Å². The van der Waals surface area contributed by atoms with Gasteiger partial charge in [-0.15, -0.1) is 0 Å². The normalized spacial score (nSPS) is 17.4. The molecule has 0 heterocycles. The number of halogens is 1. The molecule has 2 rings (SSSR count). The van der Waals surface area contributed by atoms with Crippen LogP contribution >= 0.6 is 15.9 Å². The standard InChI is InChI=1S/C12H17BrN2O2S/c1-9(8-14-10-6-7-10)18(16,17)15-12-5-3-2-4-11(12)13/h2-5,9-10,14-15H,6-8H2,1H3. The molecule has 0 radical (unpaired) electrons. The number of hydrogen-bond acceptors (Lipinski definition) is 3. The minimum atomic E-state index is -3.35. The van der Waals surface area contributed by atoms with Crippen LogP contribution in [0.5, 0.6) is 0 Å². The van der Waals surface area contributed by atoms with E-state index >= 15 is 0 Å². The van der Waals surface area contributed by atoms with Crippen LogP contribution in [0.15, 0.2) is 28.7 Å². The Balaban J connectivity index is 1.99. The molecule has 0 amide bonds. The van der Waals surface area contributed by atoms with Crippen LogP contribution in [0.25, 0.3) is 0 Å². The molecule has 18 heavy (non-hydrogen) atoms. The van der Waals surface area contributed by atoms with Crippen molar-refractivity contribution < 1.29 is 8.42 Å². The van der Waals surface area contributed by atoms with Crippen molar-refractivity contribution in [1.82, 2.24) is 5.32 Å². The Labute approximate surface area is 116 Å². The Bertz CT molecular complexity index is 515. The van der Waals surface area contributed by atoms with E-state index in [9.17, 15) is 8.42 Å². The molecule has 0 spiro atoms. The molecule has 0 aliphatic heterocycles. The van der Waals surface area contributed by atoms with Gasteiger partial charge in [0.05, 0.1) is 10.9 Å². The van der Waals surface area contributed by atoms with Gasteiger partial charge in [-0.2, -0.15) is 0 Å². The van der Waals surface area contributed by atoms with Gasteiger partial charge in [-0.25, -0.2) is 8.42 Å². The van der Waals surface area contributed by atoms with Gasteiger partial charge >= 0.3 is 0 Å². The number of nitrogens with one attached hydrogen (secondary N) is 2. The number of benzene rings is 1. The second kappa shape index (κ2) is 5.59. The summed E-state index contributed by atoms with van der Waals surface area (Å²) in [6.45, 7) is 2.21. The van der Waals surface area contributed by atoms with Gasteiger partial charge < -0.3 is 5.32 Å². The van der Waals surface area contributed by atoms with Crippen LogP contribution in [0.4, 0.5) is 5.69 Å². The van der Waals surface area contributed by atoms with E-state index in [0.29, 0.717) is 18.3 Å². The van der Waals surface area contributed by atoms with Crippen molar-refractivity contribution in [2.45, 2.75) is 31.1 Å². The molecular formula is C12H17BrN2O2S. The third-order valence-corrected chi connectivity index (χ3v) is 5.35. The zero-order chi connectivity index (χ0) is 13.2. The highest BCUT2D eigenvalue weighted by Gasteiger charge is 2.26. The molecule has 1 aliphatic rings. The fourth-order valence-corrected chi connectivity index (χ4v) is 3.04. The third-order valence-electron chi connectivity index (χ3n) is 2.93. The molecule has 1 aromatic carbocycles. The summed E-state index contributed by atoms with van der Waals surface area (Å²) in [5.41, 5.74) is 0.579. The van der Waals surface area contributed by atoms with Crippen LogP contribution in [0.3, 0.4) is 0 Å². The third kappa shape index (κ3) is 3.70.